The fourth-order valence-corrected chi connectivity index (χ4v) is 8.64. The number of nitrogens with zero attached hydrogens (tertiary/aromatic N) is 1. The van der Waals surface area contributed by atoms with Crippen molar-refractivity contribution in [1.82, 2.24) is 4.31 Å². The lowest BCUT2D eigenvalue weighted by Gasteiger charge is -2.32. The molecule has 0 bridgehead atoms. The summed E-state index contributed by atoms with van der Waals surface area (Å²) in [6, 6.07) is 16.8. The van der Waals surface area contributed by atoms with Gasteiger partial charge in [0.2, 0.25) is 10.0 Å². The second-order valence-electron chi connectivity index (χ2n) is 10.5. The van der Waals surface area contributed by atoms with Crippen molar-refractivity contribution in [2.45, 2.75) is 57.4 Å². The summed E-state index contributed by atoms with van der Waals surface area (Å²) in [5.41, 5.74) is 7.02. The third-order valence-corrected chi connectivity index (χ3v) is 10.6. The van der Waals surface area contributed by atoms with E-state index in [0.29, 0.717) is 26.9 Å². The van der Waals surface area contributed by atoms with Crippen LogP contribution in [0.2, 0.25) is 0 Å². The summed E-state index contributed by atoms with van der Waals surface area (Å²) in [6.07, 6.45) is 3.41. The highest BCUT2D eigenvalue weighted by molar-refractivity contribution is 9.11. The number of sulfonamides is 2. The number of rotatable bonds is 11. The number of hydrogen-bond donors (Lipinski definition) is 1. The third-order valence-electron chi connectivity index (χ3n) is 6.63. The first-order valence-electron chi connectivity index (χ1n) is 13.2. The average molecular weight is 658 g/mol. The molecule has 0 radical (unpaired) electrons. The van der Waals surface area contributed by atoms with E-state index in [-0.39, 0.29) is 22.3 Å². The standard InChI is InChI=1S/C32H37BrN2O4S2/c1-8-11-31(22(2)3)35(41(38,39)32-25(6)18-24(5)19-26(32)7)21-28(33)20-27-12-9-10-13-30(27)34-40(36,37)29-16-14-23(4)15-17-29/h9-20,22,31,34H,1,21H2,2-7H3/b28-20-/t31-/m1/s1. The van der Waals surface area contributed by atoms with E-state index in [2.05, 4.69) is 33.0 Å². The van der Waals surface area contributed by atoms with E-state index in [1.54, 1.807) is 74.5 Å². The summed E-state index contributed by atoms with van der Waals surface area (Å²) in [4.78, 5) is 0.427. The topological polar surface area (TPSA) is 83.6 Å². The predicted molar refractivity (Wildman–Crippen MR) is 172 cm³/mol. The first kappa shape index (κ1) is 32.6. The number of aryl methyl sites for hydroxylation is 4. The molecule has 1 atom stereocenters. The molecule has 0 amide bonds. The van der Waals surface area contributed by atoms with Gasteiger partial charge in [0.25, 0.3) is 10.0 Å². The van der Waals surface area contributed by atoms with E-state index >= 15 is 0 Å². The van der Waals surface area contributed by atoms with E-state index in [1.165, 1.54) is 4.31 Å². The Kier molecular flexibility index (Phi) is 10.6. The maximum atomic E-state index is 14.2. The first-order valence-corrected chi connectivity index (χ1v) is 16.9. The van der Waals surface area contributed by atoms with Gasteiger partial charge in [-0.15, -0.1) is 5.73 Å². The minimum atomic E-state index is -3.96. The van der Waals surface area contributed by atoms with Gasteiger partial charge in [-0.3, -0.25) is 4.72 Å². The van der Waals surface area contributed by atoms with Crippen LogP contribution in [-0.2, 0) is 20.0 Å². The summed E-state index contributed by atoms with van der Waals surface area (Å²) >= 11 is 3.59. The Morgan fingerprint density at radius 2 is 1.54 bits per heavy atom. The van der Waals surface area contributed by atoms with E-state index < -0.39 is 26.1 Å². The molecule has 0 saturated heterocycles. The van der Waals surface area contributed by atoms with Crippen molar-refractivity contribution in [3.05, 3.63) is 111 Å². The van der Waals surface area contributed by atoms with Crippen LogP contribution in [0.3, 0.4) is 0 Å². The SMILES string of the molecule is C=C=C[C@H](C(C)C)N(C/C(Br)=C/c1ccccc1NS(=O)(=O)c1ccc(C)cc1)S(=O)(=O)c1c(C)cc(C)cc1C. The van der Waals surface area contributed by atoms with Gasteiger partial charge in [0, 0.05) is 11.0 Å². The Balaban J connectivity index is 2.06. The van der Waals surface area contributed by atoms with Crippen LogP contribution in [0, 0.1) is 33.6 Å². The molecular formula is C32H37BrN2O4S2. The monoisotopic (exact) mass is 656 g/mol. The summed E-state index contributed by atoms with van der Waals surface area (Å²) in [5, 5.41) is 0. The Morgan fingerprint density at radius 1 is 0.951 bits per heavy atom. The molecule has 0 fully saturated rings. The van der Waals surface area contributed by atoms with Gasteiger partial charge in [-0.25, -0.2) is 16.8 Å². The highest BCUT2D eigenvalue weighted by Gasteiger charge is 2.34. The molecule has 6 nitrogen and oxygen atoms in total. The lowest BCUT2D eigenvalue weighted by Crippen LogP contribution is -2.43. The Hall–Kier alpha value is -2.94. The summed E-state index contributed by atoms with van der Waals surface area (Å²) in [5.74, 6) is -0.0704. The molecule has 0 aromatic heterocycles. The van der Waals surface area contributed by atoms with Crippen LogP contribution >= 0.6 is 15.9 Å². The smallest absolute Gasteiger partial charge is 0.261 e. The lowest BCUT2D eigenvalue weighted by atomic mass is 10.0. The highest BCUT2D eigenvalue weighted by atomic mass is 79.9. The Bertz CT molecular complexity index is 1680. The fraction of sp³-hybridized carbons (Fsp3) is 0.281. The third kappa shape index (κ3) is 7.87. The second kappa shape index (κ2) is 13.4. The first-order chi connectivity index (χ1) is 19.2. The molecule has 218 valence electrons. The van der Waals surface area contributed by atoms with Gasteiger partial charge in [0.05, 0.1) is 21.5 Å². The van der Waals surface area contributed by atoms with Gasteiger partial charge in [0.1, 0.15) is 0 Å². The van der Waals surface area contributed by atoms with Crippen molar-refractivity contribution in [2.75, 3.05) is 11.3 Å². The summed E-state index contributed by atoms with van der Waals surface area (Å²) in [6.45, 7) is 15.0. The molecule has 0 saturated carbocycles. The molecule has 1 N–H and O–H groups in total. The zero-order chi connectivity index (χ0) is 30.5. The number of para-hydroxylation sites is 1. The van der Waals surface area contributed by atoms with Crippen LogP contribution in [0.15, 0.2) is 93.3 Å². The van der Waals surface area contributed by atoms with Crippen molar-refractivity contribution >= 4 is 47.7 Å². The van der Waals surface area contributed by atoms with Crippen LogP contribution < -0.4 is 4.72 Å². The van der Waals surface area contributed by atoms with Crippen molar-refractivity contribution in [1.29, 1.82) is 0 Å². The van der Waals surface area contributed by atoms with Crippen LogP contribution in [-0.4, -0.2) is 33.7 Å². The molecule has 3 aromatic carbocycles. The van der Waals surface area contributed by atoms with E-state index in [4.69, 9.17) is 0 Å². The minimum absolute atomic E-state index is 0.00909. The molecule has 3 rings (SSSR count). The van der Waals surface area contributed by atoms with Crippen LogP contribution in [0.1, 0.15) is 41.7 Å². The van der Waals surface area contributed by atoms with Crippen molar-refractivity contribution < 1.29 is 16.8 Å². The quantitative estimate of drug-likeness (QED) is 0.217. The van der Waals surface area contributed by atoms with Gasteiger partial charge in [-0.05, 0) is 80.7 Å². The Morgan fingerprint density at radius 3 is 2.10 bits per heavy atom. The van der Waals surface area contributed by atoms with Gasteiger partial charge in [-0.2, -0.15) is 4.31 Å². The number of nitrogens with one attached hydrogen (secondary N) is 1. The van der Waals surface area contributed by atoms with E-state index in [0.717, 1.165) is 11.1 Å². The maximum absolute atomic E-state index is 14.2. The average Bonchev–Trinajstić information content (AvgIpc) is 2.86. The van der Waals surface area contributed by atoms with Crippen molar-refractivity contribution in [3.8, 4) is 0 Å². The van der Waals surface area contributed by atoms with Gasteiger partial charge < -0.3 is 0 Å². The normalized spacial score (nSPS) is 13.2. The summed E-state index contributed by atoms with van der Waals surface area (Å²) < 4.78 is 59.3. The van der Waals surface area contributed by atoms with Gasteiger partial charge in [-0.1, -0.05) is 89.9 Å². The van der Waals surface area contributed by atoms with Crippen molar-refractivity contribution in [2.24, 2.45) is 5.92 Å². The fourth-order valence-electron chi connectivity index (χ4n) is 4.77. The molecule has 0 aliphatic carbocycles. The zero-order valence-electron chi connectivity index (χ0n) is 24.3. The van der Waals surface area contributed by atoms with Gasteiger partial charge >= 0.3 is 0 Å². The van der Waals surface area contributed by atoms with Gasteiger partial charge in [0.15, 0.2) is 0 Å². The molecule has 0 aliphatic rings. The number of halogens is 1. The molecule has 0 unspecified atom stereocenters. The van der Waals surface area contributed by atoms with Crippen LogP contribution in [0.4, 0.5) is 5.69 Å². The predicted octanol–water partition coefficient (Wildman–Crippen LogP) is 7.51. The summed E-state index contributed by atoms with van der Waals surface area (Å²) in [7, 11) is -7.80. The molecule has 0 heterocycles. The lowest BCUT2D eigenvalue weighted by molar-refractivity contribution is 0.323. The molecule has 41 heavy (non-hydrogen) atoms. The maximum Gasteiger partial charge on any atom is 0.261 e. The number of anilines is 1. The minimum Gasteiger partial charge on any atom is -0.279 e. The van der Waals surface area contributed by atoms with Crippen LogP contribution in [0.25, 0.3) is 6.08 Å². The Labute approximate surface area is 253 Å². The molecular weight excluding hydrogens is 620 g/mol. The molecule has 9 heteroatoms. The second-order valence-corrected chi connectivity index (χ2v) is 15.0. The van der Waals surface area contributed by atoms with E-state index in [1.807, 2.05) is 39.8 Å². The largest absolute Gasteiger partial charge is 0.279 e. The van der Waals surface area contributed by atoms with Crippen molar-refractivity contribution in [3.63, 3.8) is 0 Å². The number of hydrogen-bond acceptors (Lipinski definition) is 4. The molecule has 0 spiro atoms. The van der Waals surface area contributed by atoms with Crippen LogP contribution in [0.5, 0.6) is 0 Å². The molecule has 0 aliphatic heterocycles. The van der Waals surface area contributed by atoms with E-state index in [9.17, 15) is 16.8 Å². The highest BCUT2D eigenvalue weighted by Crippen LogP contribution is 2.31. The molecule has 3 aromatic rings. The number of benzene rings is 3. The zero-order valence-corrected chi connectivity index (χ0v) is 27.5.